The van der Waals surface area contributed by atoms with Gasteiger partial charge >= 0.3 is 0 Å². The van der Waals surface area contributed by atoms with Crippen molar-refractivity contribution >= 4 is 28.0 Å². The van der Waals surface area contributed by atoms with Gasteiger partial charge in [-0.3, -0.25) is 9.59 Å². The van der Waals surface area contributed by atoms with Gasteiger partial charge in [0.15, 0.2) is 11.7 Å². The molecular weight excluding hydrogens is 288 g/mol. The van der Waals surface area contributed by atoms with Gasteiger partial charge in [-0.25, -0.2) is 4.98 Å². The van der Waals surface area contributed by atoms with Crippen molar-refractivity contribution in [3.05, 3.63) is 34.4 Å². The summed E-state index contributed by atoms with van der Waals surface area (Å²) in [7, 11) is 0. The van der Waals surface area contributed by atoms with E-state index in [1.165, 1.54) is 11.3 Å². The highest BCUT2D eigenvalue weighted by Crippen LogP contribution is 2.30. The van der Waals surface area contributed by atoms with Gasteiger partial charge in [0.25, 0.3) is 5.91 Å². The van der Waals surface area contributed by atoms with Gasteiger partial charge in [-0.2, -0.15) is 0 Å². The summed E-state index contributed by atoms with van der Waals surface area (Å²) >= 11 is 1.31. The van der Waals surface area contributed by atoms with E-state index < -0.39 is 11.3 Å². The van der Waals surface area contributed by atoms with E-state index in [9.17, 15) is 9.59 Å². The smallest absolute Gasteiger partial charge is 0.293 e. The van der Waals surface area contributed by atoms with Crippen LogP contribution in [0.3, 0.4) is 0 Å². The lowest BCUT2D eigenvalue weighted by atomic mass is 9.87. The maximum Gasteiger partial charge on any atom is 0.293 e. The van der Waals surface area contributed by atoms with Crippen molar-refractivity contribution in [1.29, 1.82) is 0 Å². The zero-order chi connectivity index (χ0) is 15.8. The van der Waals surface area contributed by atoms with Gasteiger partial charge in [-0.15, -0.1) is 11.3 Å². The zero-order valence-electron chi connectivity index (χ0n) is 12.7. The Labute approximate surface area is 127 Å². The van der Waals surface area contributed by atoms with Gasteiger partial charge in [0.05, 0.1) is 11.3 Å². The quantitative estimate of drug-likeness (QED) is 0.875. The van der Waals surface area contributed by atoms with Crippen molar-refractivity contribution in [3.63, 3.8) is 0 Å². The molecule has 0 aliphatic heterocycles. The van der Waals surface area contributed by atoms with Crippen molar-refractivity contribution < 1.29 is 14.0 Å². The number of nitrogens with one attached hydrogen (secondary N) is 1. The van der Waals surface area contributed by atoms with Crippen LogP contribution in [-0.4, -0.2) is 16.7 Å². The minimum Gasteiger partial charge on any atom is -0.436 e. The van der Waals surface area contributed by atoms with Crippen molar-refractivity contribution in [1.82, 2.24) is 4.98 Å². The molecule has 0 saturated carbocycles. The SMILES string of the molecule is Cc1nc(C)c(C(=O)Nc2sccc2C(=O)C(C)(C)C)o1. The van der Waals surface area contributed by atoms with Crippen molar-refractivity contribution in [2.45, 2.75) is 34.6 Å². The topological polar surface area (TPSA) is 72.2 Å². The third-order valence-electron chi connectivity index (χ3n) is 2.93. The molecule has 112 valence electrons. The largest absolute Gasteiger partial charge is 0.436 e. The Morgan fingerprint density at radius 2 is 1.95 bits per heavy atom. The van der Waals surface area contributed by atoms with Crippen molar-refractivity contribution in [3.8, 4) is 0 Å². The van der Waals surface area contributed by atoms with Gasteiger partial charge in [0.1, 0.15) is 5.00 Å². The van der Waals surface area contributed by atoms with Crippen LogP contribution in [0.25, 0.3) is 0 Å². The number of rotatable bonds is 3. The first-order chi connectivity index (χ1) is 9.70. The lowest BCUT2D eigenvalue weighted by molar-refractivity contribution is 0.0859. The van der Waals surface area contributed by atoms with Crippen LogP contribution in [0.15, 0.2) is 15.9 Å². The molecule has 1 N–H and O–H groups in total. The Kier molecular flexibility index (Phi) is 4.00. The minimum atomic E-state index is -0.501. The Balaban J connectivity index is 2.26. The maximum absolute atomic E-state index is 12.4. The third kappa shape index (κ3) is 3.21. The fourth-order valence-electron chi connectivity index (χ4n) is 1.89. The number of hydrogen-bond acceptors (Lipinski definition) is 5. The molecular formula is C15H18N2O3S. The molecule has 0 saturated heterocycles. The number of carbonyl (C=O) groups is 2. The van der Waals surface area contributed by atoms with Crippen LogP contribution in [0.4, 0.5) is 5.00 Å². The molecule has 0 atom stereocenters. The summed E-state index contributed by atoms with van der Waals surface area (Å²) in [5, 5.41) is 5.06. The molecule has 1 amide bonds. The van der Waals surface area contributed by atoms with E-state index >= 15 is 0 Å². The number of aromatic nitrogens is 1. The molecule has 2 aromatic rings. The molecule has 6 heteroatoms. The summed E-state index contributed by atoms with van der Waals surface area (Å²) in [4.78, 5) is 28.6. The average molecular weight is 306 g/mol. The summed E-state index contributed by atoms with van der Waals surface area (Å²) < 4.78 is 5.29. The normalized spacial score (nSPS) is 11.5. The summed E-state index contributed by atoms with van der Waals surface area (Å²) in [5.41, 5.74) is 0.555. The molecule has 2 rings (SSSR count). The first-order valence-corrected chi connectivity index (χ1v) is 7.46. The van der Waals surface area contributed by atoms with E-state index in [0.29, 0.717) is 22.1 Å². The monoisotopic (exact) mass is 306 g/mol. The minimum absolute atomic E-state index is 0.00970. The molecule has 2 heterocycles. The summed E-state index contributed by atoms with van der Waals surface area (Å²) in [6.07, 6.45) is 0. The van der Waals surface area contributed by atoms with E-state index in [4.69, 9.17) is 4.42 Å². The number of hydrogen-bond donors (Lipinski definition) is 1. The molecule has 0 radical (unpaired) electrons. The number of aryl methyl sites for hydroxylation is 2. The molecule has 0 unspecified atom stereocenters. The summed E-state index contributed by atoms with van der Waals surface area (Å²) in [5.74, 6) is 0.216. The van der Waals surface area contributed by atoms with E-state index in [0.717, 1.165) is 0 Å². The molecule has 5 nitrogen and oxygen atoms in total. The second kappa shape index (κ2) is 5.44. The lowest BCUT2D eigenvalue weighted by Crippen LogP contribution is -2.21. The Morgan fingerprint density at radius 1 is 1.29 bits per heavy atom. The van der Waals surface area contributed by atoms with Gasteiger partial charge in [-0.1, -0.05) is 20.8 Å². The highest BCUT2D eigenvalue weighted by Gasteiger charge is 2.27. The lowest BCUT2D eigenvalue weighted by Gasteiger charge is -2.16. The number of anilines is 1. The summed E-state index contributed by atoms with van der Waals surface area (Å²) in [6, 6.07) is 1.73. The fraction of sp³-hybridized carbons (Fsp3) is 0.400. The highest BCUT2D eigenvalue weighted by atomic mass is 32.1. The predicted molar refractivity (Wildman–Crippen MR) is 82.0 cm³/mol. The Morgan fingerprint density at radius 3 is 2.48 bits per heavy atom. The second-order valence-corrected chi connectivity index (χ2v) is 6.76. The molecule has 0 aromatic carbocycles. The van der Waals surface area contributed by atoms with Crippen LogP contribution in [0.1, 0.15) is 53.3 Å². The number of Topliss-reactive ketones (excluding diaryl/α,β-unsaturated/α-hetero) is 1. The number of ketones is 1. The van der Waals surface area contributed by atoms with E-state index in [-0.39, 0.29) is 11.5 Å². The van der Waals surface area contributed by atoms with E-state index in [1.54, 1.807) is 25.3 Å². The van der Waals surface area contributed by atoms with E-state index in [1.807, 2.05) is 20.8 Å². The van der Waals surface area contributed by atoms with Gasteiger partial charge in [0, 0.05) is 12.3 Å². The first-order valence-electron chi connectivity index (χ1n) is 6.58. The van der Waals surface area contributed by atoms with Crippen LogP contribution in [0.5, 0.6) is 0 Å². The van der Waals surface area contributed by atoms with Crippen LogP contribution in [0.2, 0.25) is 0 Å². The van der Waals surface area contributed by atoms with Crippen molar-refractivity contribution in [2.24, 2.45) is 5.41 Å². The van der Waals surface area contributed by atoms with Crippen LogP contribution >= 0.6 is 11.3 Å². The van der Waals surface area contributed by atoms with Gasteiger partial charge < -0.3 is 9.73 Å². The van der Waals surface area contributed by atoms with Gasteiger partial charge in [0.2, 0.25) is 5.76 Å². The van der Waals surface area contributed by atoms with Gasteiger partial charge in [-0.05, 0) is 18.4 Å². The number of thiophene rings is 1. The third-order valence-corrected chi connectivity index (χ3v) is 3.76. The molecule has 0 fully saturated rings. The molecule has 21 heavy (non-hydrogen) atoms. The summed E-state index contributed by atoms with van der Waals surface area (Å²) in [6.45, 7) is 8.94. The Hall–Kier alpha value is -1.95. The van der Waals surface area contributed by atoms with Crippen LogP contribution in [-0.2, 0) is 0 Å². The predicted octanol–water partition coefficient (Wildman–Crippen LogP) is 3.83. The Bertz CT molecular complexity index is 692. The van der Waals surface area contributed by atoms with E-state index in [2.05, 4.69) is 10.3 Å². The number of oxazole rings is 1. The molecule has 0 aliphatic rings. The van der Waals surface area contributed by atoms with Crippen LogP contribution in [0, 0.1) is 19.3 Å². The fourth-order valence-corrected chi connectivity index (χ4v) is 2.67. The average Bonchev–Trinajstić information content (AvgIpc) is 2.93. The second-order valence-electron chi connectivity index (χ2n) is 5.84. The number of carbonyl (C=O) groups excluding carboxylic acids is 2. The first kappa shape index (κ1) is 15.4. The number of nitrogens with zero attached hydrogens (tertiary/aromatic N) is 1. The standard InChI is InChI=1S/C15H18N2O3S/c1-8-11(20-9(2)16-8)13(19)17-14-10(6-7-21-14)12(18)15(3,4)5/h6-7H,1-5H3,(H,17,19). The maximum atomic E-state index is 12.4. The number of amides is 1. The van der Waals surface area contributed by atoms with Crippen molar-refractivity contribution in [2.75, 3.05) is 5.32 Å². The van der Waals surface area contributed by atoms with Crippen LogP contribution < -0.4 is 5.32 Å². The molecule has 0 aliphatic carbocycles. The molecule has 0 bridgehead atoms. The molecule has 0 spiro atoms. The molecule has 2 aromatic heterocycles. The zero-order valence-corrected chi connectivity index (χ0v) is 13.6. The highest BCUT2D eigenvalue weighted by molar-refractivity contribution is 7.14.